The van der Waals surface area contributed by atoms with Gasteiger partial charge < -0.3 is 4.79 Å². The fourth-order valence-corrected chi connectivity index (χ4v) is 3.61. The highest BCUT2D eigenvalue weighted by molar-refractivity contribution is 5.60. The molecule has 2 heteroatoms. The van der Waals surface area contributed by atoms with Crippen LogP contribution in [0.2, 0.25) is 0 Å². The second-order valence-electron chi connectivity index (χ2n) is 5.92. The number of hydrogen-bond donors (Lipinski definition) is 0. The van der Waals surface area contributed by atoms with Gasteiger partial charge in [-0.1, -0.05) is 6.07 Å². The Morgan fingerprint density at radius 2 is 1.76 bits per heavy atom. The lowest BCUT2D eigenvalue weighted by molar-refractivity contribution is -0.122. The summed E-state index contributed by atoms with van der Waals surface area (Å²) >= 11 is 0. The van der Waals surface area contributed by atoms with E-state index in [1.807, 2.05) is 0 Å². The number of nitrogens with zero attached hydrogens (tertiary/aromatic N) is 1. The number of hydrogen-bond acceptors (Lipinski definition) is 2. The van der Waals surface area contributed by atoms with E-state index in [2.05, 4.69) is 25.1 Å². The van der Waals surface area contributed by atoms with E-state index >= 15 is 0 Å². The fourth-order valence-electron chi connectivity index (χ4n) is 3.61. The SMILES string of the molecule is Cc1cccc(C23CCC(C=O)(CC2)CC3)n1. The number of pyridine rings is 1. The fraction of sp³-hybridized carbons (Fsp3) is 0.600. The number of fused-ring (bicyclic) bond motifs is 3. The molecule has 4 rings (SSSR count). The highest BCUT2D eigenvalue weighted by Crippen LogP contribution is 2.56. The van der Waals surface area contributed by atoms with E-state index in [-0.39, 0.29) is 10.8 Å². The van der Waals surface area contributed by atoms with E-state index in [0.29, 0.717) is 0 Å². The van der Waals surface area contributed by atoms with Gasteiger partial charge in [-0.25, -0.2) is 0 Å². The average Bonchev–Trinajstić information content (AvgIpc) is 2.41. The van der Waals surface area contributed by atoms with Gasteiger partial charge in [0, 0.05) is 22.2 Å². The minimum absolute atomic E-state index is 0.0194. The van der Waals surface area contributed by atoms with Crippen molar-refractivity contribution in [1.29, 1.82) is 0 Å². The molecule has 90 valence electrons. The van der Waals surface area contributed by atoms with Gasteiger partial charge in [0.15, 0.2) is 0 Å². The maximum Gasteiger partial charge on any atom is 0.126 e. The molecule has 0 amide bonds. The first-order valence-electron chi connectivity index (χ1n) is 6.59. The number of aryl methyl sites for hydroxylation is 1. The molecule has 1 heterocycles. The van der Waals surface area contributed by atoms with Gasteiger partial charge >= 0.3 is 0 Å². The van der Waals surface area contributed by atoms with Gasteiger partial charge in [-0.15, -0.1) is 0 Å². The smallest absolute Gasteiger partial charge is 0.126 e. The molecule has 0 atom stereocenters. The first-order chi connectivity index (χ1) is 8.18. The van der Waals surface area contributed by atoms with Gasteiger partial charge in [0.25, 0.3) is 0 Å². The largest absolute Gasteiger partial charge is 0.303 e. The average molecular weight is 229 g/mol. The molecule has 3 saturated carbocycles. The number of rotatable bonds is 2. The lowest BCUT2D eigenvalue weighted by atomic mass is 9.53. The number of carbonyl (C=O) groups excluding carboxylic acids is 1. The van der Waals surface area contributed by atoms with Crippen LogP contribution >= 0.6 is 0 Å². The zero-order valence-corrected chi connectivity index (χ0v) is 10.4. The second kappa shape index (κ2) is 3.66. The molecule has 1 aromatic heterocycles. The van der Waals surface area contributed by atoms with Crippen molar-refractivity contribution < 1.29 is 4.79 Å². The van der Waals surface area contributed by atoms with Crippen LogP contribution in [-0.2, 0) is 10.2 Å². The molecule has 2 bridgehead atoms. The molecule has 0 unspecified atom stereocenters. The Hall–Kier alpha value is -1.18. The summed E-state index contributed by atoms with van der Waals surface area (Å²) in [4.78, 5) is 15.9. The van der Waals surface area contributed by atoms with Crippen LogP contribution in [0.5, 0.6) is 0 Å². The predicted molar refractivity (Wildman–Crippen MR) is 66.9 cm³/mol. The molecule has 0 aromatic carbocycles. The minimum atomic E-state index is 0.0194. The summed E-state index contributed by atoms with van der Waals surface area (Å²) in [6.07, 6.45) is 7.83. The van der Waals surface area contributed by atoms with Gasteiger partial charge in [-0.2, -0.15) is 0 Å². The first-order valence-corrected chi connectivity index (χ1v) is 6.59. The lowest BCUT2D eigenvalue weighted by Crippen LogP contribution is -2.45. The summed E-state index contributed by atoms with van der Waals surface area (Å²) < 4.78 is 0. The van der Waals surface area contributed by atoms with Crippen molar-refractivity contribution in [3.05, 3.63) is 29.6 Å². The molecule has 3 aliphatic rings. The van der Waals surface area contributed by atoms with Crippen molar-refractivity contribution in [2.24, 2.45) is 5.41 Å². The number of carbonyl (C=O) groups is 1. The Morgan fingerprint density at radius 3 is 2.29 bits per heavy atom. The van der Waals surface area contributed by atoms with E-state index in [1.54, 1.807) is 0 Å². The van der Waals surface area contributed by atoms with Crippen LogP contribution in [0.15, 0.2) is 18.2 Å². The zero-order chi connectivity index (χ0) is 11.9. The van der Waals surface area contributed by atoms with E-state index in [9.17, 15) is 4.79 Å². The summed E-state index contributed by atoms with van der Waals surface area (Å²) in [5, 5.41) is 0. The molecule has 0 aliphatic heterocycles. The molecule has 3 aliphatic carbocycles. The molecule has 17 heavy (non-hydrogen) atoms. The maximum atomic E-state index is 11.2. The quantitative estimate of drug-likeness (QED) is 0.729. The highest BCUT2D eigenvalue weighted by atomic mass is 16.1. The number of aromatic nitrogens is 1. The third kappa shape index (κ3) is 1.62. The van der Waals surface area contributed by atoms with Crippen LogP contribution in [0.4, 0.5) is 0 Å². The summed E-state index contributed by atoms with van der Waals surface area (Å²) in [5.74, 6) is 0. The Morgan fingerprint density at radius 1 is 1.12 bits per heavy atom. The van der Waals surface area contributed by atoms with Crippen LogP contribution in [-0.4, -0.2) is 11.3 Å². The summed E-state index contributed by atoms with van der Waals surface area (Å²) in [6.45, 7) is 2.06. The van der Waals surface area contributed by atoms with E-state index in [1.165, 1.54) is 12.0 Å². The van der Waals surface area contributed by atoms with Crippen molar-refractivity contribution in [3.8, 4) is 0 Å². The Bertz CT molecular complexity index is 427. The van der Waals surface area contributed by atoms with E-state index in [0.717, 1.165) is 44.2 Å². The van der Waals surface area contributed by atoms with Crippen LogP contribution in [0.3, 0.4) is 0 Å². The number of aldehydes is 1. The van der Waals surface area contributed by atoms with Crippen LogP contribution in [0.25, 0.3) is 0 Å². The van der Waals surface area contributed by atoms with E-state index in [4.69, 9.17) is 4.98 Å². The molecule has 0 N–H and O–H groups in total. The normalized spacial score (nSPS) is 35.8. The predicted octanol–water partition coefficient (Wildman–Crippen LogP) is 3.18. The van der Waals surface area contributed by atoms with Gasteiger partial charge in [-0.05, 0) is 57.6 Å². The Balaban J connectivity index is 1.93. The highest BCUT2D eigenvalue weighted by Gasteiger charge is 2.49. The third-order valence-corrected chi connectivity index (χ3v) is 4.99. The summed E-state index contributed by atoms with van der Waals surface area (Å²) in [6, 6.07) is 6.34. The topological polar surface area (TPSA) is 30.0 Å². The van der Waals surface area contributed by atoms with Crippen molar-refractivity contribution in [3.63, 3.8) is 0 Å². The molecule has 1 aromatic rings. The van der Waals surface area contributed by atoms with Crippen molar-refractivity contribution in [2.75, 3.05) is 0 Å². The van der Waals surface area contributed by atoms with Crippen LogP contribution in [0.1, 0.15) is 49.9 Å². The standard InChI is InChI=1S/C15H19NO/c1-12-3-2-4-13(16-12)15-8-5-14(11-17,6-9-15)7-10-15/h2-4,11H,5-10H2,1H3. The van der Waals surface area contributed by atoms with Crippen molar-refractivity contribution in [2.45, 2.75) is 50.9 Å². The molecule has 0 saturated heterocycles. The minimum Gasteiger partial charge on any atom is -0.303 e. The molecular formula is C15H19NO. The molecule has 2 nitrogen and oxygen atoms in total. The second-order valence-corrected chi connectivity index (χ2v) is 5.92. The Kier molecular flexibility index (Phi) is 2.35. The molecule has 0 spiro atoms. The lowest BCUT2D eigenvalue weighted by Gasteiger charge is -2.50. The zero-order valence-electron chi connectivity index (χ0n) is 10.4. The summed E-state index contributed by atoms with van der Waals surface area (Å²) in [7, 11) is 0. The van der Waals surface area contributed by atoms with Gasteiger partial charge in [0.1, 0.15) is 6.29 Å². The van der Waals surface area contributed by atoms with Crippen molar-refractivity contribution in [1.82, 2.24) is 4.98 Å². The van der Waals surface area contributed by atoms with Crippen LogP contribution in [0, 0.1) is 12.3 Å². The Labute approximate surface area is 102 Å². The van der Waals surface area contributed by atoms with Gasteiger partial charge in [-0.3, -0.25) is 4.98 Å². The molecular weight excluding hydrogens is 210 g/mol. The van der Waals surface area contributed by atoms with Gasteiger partial charge in [0.2, 0.25) is 0 Å². The first kappa shape index (κ1) is 10.9. The maximum absolute atomic E-state index is 11.2. The van der Waals surface area contributed by atoms with Crippen molar-refractivity contribution >= 4 is 6.29 Å². The molecule has 3 fully saturated rings. The third-order valence-electron chi connectivity index (χ3n) is 4.99. The molecule has 0 radical (unpaired) electrons. The monoisotopic (exact) mass is 229 g/mol. The van der Waals surface area contributed by atoms with E-state index < -0.39 is 0 Å². The van der Waals surface area contributed by atoms with Gasteiger partial charge in [0.05, 0.1) is 0 Å². The van der Waals surface area contributed by atoms with Crippen LogP contribution < -0.4 is 0 Å². The summed E-state index contributed by atoms with van der Waals surface area (Å²) in [5.41, 5.74) is 2.66.